The number of hydrogen-bond acceptors (Lipinski definition) is 3. The van der Waals surface area contributed by atoms with Gasteiger partial charge >= 0.3 is 10.1 Å². The van der Waals surface area contributed by atoms with Gasteiger partial charge in [-0.25, -0.2) is 4.39 Å². The number of benzene rings is 3. The van der Waals surface area contributed by atoms with Crippen molar-refractivity contribution in [2.75, 3.05) is 0 Å². The van der Waals surface area contributed by atoms with E-state index in [1.54, 1.807) is 0 Å². The molecule has 5 rings (SSSR count). The second kappa shape index (κ2) is 9.23. The number of carbonyl (C=O) groups excluding carboxylic acids is 1. The fourth-order valence-corrected chi connectivity index (χ4v) is 4.93. The van der Waals surface area contributed by atoms with Gasteiger partial charge in [0.2, 0.25) is 11.4 Å². The van der Waals surface area contributed by atoms with Gasteiger partial charge in [0.05, 0.1) is 12.1 Å². The van der Waals surface area contributed by atoms with Gasteiger partial charge in [-0.2, -0.15) is 22.0 Å². The summed E-state index contributed by atoms with van der Waals surface area (Å²) in [6.07, 6.45) is -2.88. The summed E-state index contributed by atoms with van der Waals surface area (Å²) in [5.41, 5.74) is -2.72. The number of para-hydroxylation sites is 1. The first-order valence-electron chi connectivity index (χ1n) is 11.2. The van der Waals surface area contributed by atoms with Crippen LogP contribution in [0.25, 0.3) is 10.9 Å². The van der Waals surface area contributed by atoms with E-state index in [4.69, 9.17) is 0 Å². The lowest BCUT2D eigenvalue weighted by Gasteiger charge is -2.32. The van der Waals surface area contributed by atoms with Gasteiger partial charge in [0.25, 0.3) is 0 Å². The van der Waals surface area contributed by atoms with Crippen LogP contribution < -0.4 is 0 Å². The van der Waals surface area contributed by atoms with Crippen molar-refractivity contribution >= 4 is 45.5 Å². The van der Waals surface area contributed by atoms with Crippen molar-refractivity contribution in [3.05, 3.63) is 107 Å². The molecule has 11 heteroatoms. The molecule has 0 amide bonds. The summed E-state index contributed by atoms with van der Waals surface area (Å²) in [4.78, 5) is 16.7. The van der Waals surface area contributed by atoms with Gasteiger partial charge in [0.15, 0.2) is 0 Å². The molecule has 2 unspecified atom stereocenters. The number of carbonyl (C=O) groups is 1. The van der Waals surface area contributed by atoms with E-state index in [0.29, 0.717) is 39.3 Å². The first-order chi connectivity index (χ1) is 17.8. The molecule has 0 saturated carbocycles. The van der Waals surface area contributed by atoms with E-state index in [2.05, 4.69) is 4.99 Å². The molecule has 4 nitrogen and oxygen atoms in total. The summed E-state index contributed by atoms with van der Waals surface area (Å²) in [5.74, 6) is -1.99. The van der Waals surface area contributed by atoms with Crippen LogP contribution in [0, 0.1) is 5.82 Å². The minimum Gasteiger partial charge on any atom is -0.375 e. The quantitative estimate of drug-likeness (QED) is 0.107. The van der Waals surface area contributed by atoms with Crippen molar-refractivity contribution in [3.63, 3.8) is 0 Å². The Morgan fingerprint density at radius 1 is 1.00 bits per heavy atom. The summed E-state index contributed by atoms with van der Waals surface area (Å²) in [7, 11) is 0. The molecule has 1 aliphatic rings. The summed E-state index contributed by atoms with van der Waals surface area (Å²) in [5, 5.41) is 11.2. The number of Topliss-reactive ketones (excluding diaryl/α,β-unsaturated/α-hetero) is 1. The number of nitrogens with zero attached hydrogens (tertiary/aromatic N) is 2. The zero-order valence-corrected chi connectivity index (χ0v) is 21.3. The first kappa shape index (κ1) is 26.4. The Morgan fingerprint density at radius 2 is 1.68 bits per heavy atom. The fraction of sp³-hybridized carbons (Fsp3) is 0.185. The Hall–Kier alpha value is -3.19. The standard InChI is InChI=1S/C27H17F6IN2O2/c28-18-8-5-15(6-9-18)23-19-10-7-17(11-16(19)12-35-23)25(38,27(31,32)33)14-36-13-21(24(37)26(29,30)34)20-3-1-2-4-22(20)36/h1-13,23,38H,14H2. The van der Waals surface area contributed by atoms with Crippen LogP contribution in [0.5, 0.6) is 0 Å². The van der Waals surface area contributed by atoms with Gasteiger partial charge < -0.3 is 9.67 Å². The van der Waals surface area contributed by atoms with Gasteiger partial charge in [-0.15, -0.1) is 0 Å². The molecule has 0 radical (unpaired) electrons. The van der Waals surface area contributed by atoms with Crippen molar-refractivity contribution in [1.29, 1.82) is 0 Å². The normalized spacial score (nSPS) is 17.0. The highest BCUT2D eigenvalue weighted by atomic mass is 127. The summed E-state index contributed by atoms with van der Waals surface area (Å²) in [6, 6.07) is 14.5. The van der Waals surface area contributed by atoms with E-state index in [9.17, 15) is 36.2 Å². The molecule has 0 fully saturated rings. The maximum atomic E-state index is 14.4. The molecule has 0 saturated heterocycles. The molecule has 0 bridgehead atoms. The van der Waals surface area contributed by atoms with Crippen molar-refractivity contribution in [2.24, 2.45) is 4.99 Å². The summed E-state index contributed by atoms with van der Waals surface area (Å²) >= 11 is 0.670. The van der Waals surface area contributed by atoms with E-state index in [1.807, 2.05) is 0 Å². The molecule has 1 aromatic heterocycles. The maximum absolute atomic E-state index is 14.4. The SMILES string of the molecule is O=C(c1cn(CC(O)(c2ccc3c(c2)C=NC3c2ccc(F)cc2)C(F)(F)F)c2ccccc12)C(F)(F)I. The van der Waals surface area contributed by atoms with Crippen LogP contribution in [0.2, 0.25) is 0 Å². The number of halogens is 7. The van der Waals surface area contributed by atoms with Crippen LogP contribution in [-0.2, 0) is 12.1 Å². The number of aromatic nitrogens is 1. The zero-order valence-electron chi connectivity index (χ0n) is 19.2. The highest BCUT2D eigenvalue weighted by molar-refractivity contribution is 14.1. The van der Waals surface area contributed by atoms with Crippen LogP contribution in [0.4, 0.5) is 26.3 Å². The average Bonchev–Trinajstić information content (AvgIpc) is 3.44. The zero-order chi connectivity index (χ0) is 27.5. The number of alkyl halides is 6. The minimum atomic E-state index is -5.17. The summed E-state index contributed by atoms with van der Waals surface area (Å²) < 4.78 is 81.4. The molecule has 1 N–H and O–H groups in total. The van der Waals surface area contributed by atoms with Crippen LogP contribution in [0.3, 0.4) is 0 Å². The smallest absolute Gasteiger partial charge is 0.375 e. The Labute approximate surface area is 225 Å². The van der Waals surface area contributed by atoms with Crippen LogP contribution >= 0.6 is 22.6 Å². The molecule has 0 aliphatic carbocycles. The number of ketones is 1. The van der Waals surface area contributed by atoms with Crippen molar-refractivity contribution in [2.45, 2.75) is 28.3 Å². The molecule has 196 valence electrons. The molecule has 1 aliphatic heterocycles. The topological polar surface area (TPSA) is 54.6 Å². The van der Waals surface area contributed by atoms with Gasteiger partial charge in [0, 0.05) is 45.9 Å². The monoisotopic (exact) mass is 642 g/mol. The number of rotatable bonds is 6. The van der Waals surface area contributed by atoms with E-state index >= 15 is 0 Å². The fourth-order valence-electron chi connectivity index (χ4n) is 4.64. The number of aliphatic imine (C=N–C) groups is 1. The molecular formula is C27H17F6IN2O2. The first-order valence-corrected chi connectivity index (χ1v) is 12.3. The molecule has 38 heavy (non-hydrogen) atoms. The number of aliphatic hydroxyl groups is 1. The average molecular weight is 642 g/mol. The van der Waals surface area contributed by atoms with E-state index in [1.165, 1.54) is 66.9 Å². The lowest BCUT2D eigenvalue weighted by Crippen LogP contribution is -2.45. The van der Waals surface area contributed by atoms with Crippen molar-refractivity contribution < 1.29 is 36.2 Å². The molecule has 4 aromatic rings. The Balaban J connectivity index is 1.57. The predicted octanol–water partition coefficient (Wildman–Crippen LogP) is 6.96. The van der Waals surface area contributed by atoms with Gasteiger partial charge in [-0.1, -0.05) is 42.5 Å². The molecule has 3 aromatic carbocycles. The number of fused-ring (bicyclic) bond motifs is 2. The van der Waals surface area contributed by atoms with Gasteiger partial charge in [0.1, 0.15) is 11.9 Å². The second-order valence-corrected chi connectivity index (χ2v) is 10.3. The lowest BCUT2D eigenvalue weighted by atomic mass is 9.88. The Kier molecular flexibility index (Phi) is 6.41. The van der Waals surface area contributed by atoms with Crippen LogP contribution in [0.15, 0.2) is 77.9 Å². The van der Waals surface area contributed by atoms with Gasteiger partial charge in [-0.05, 0) is 46.5 Å². The molecule has 0 spiro atoms. The molecule has 2 heterocycles. The highest BCUT2D eigenvalue weighted by Crippen LogP contribution is 2.44. The third kappa shape index (κ3) is 4.51. The predicted molar refractivity (Wildman–Crippen MR) is 137 cm³/mol. The van der Waals surface area contributed by atoms with Crippen LogP contribution in [0.1, 0.15) is 38.7 Å². The van der Waals surface area contributed by atoms with E-state index in [-0.39, 0.29) is 10.9 Å². The highest BCUT2D eigenvalue weighted by Gasteiger charge is 2.55. The minimum absolute atomic E-state index is 0.0431. The lowest BCUT2D eigenvalue weighted by molar-refractivity contribution is -0.271. The summed E-state index contributed by atoms with van der Waals surface area (Å²) in [6.45, 7) is -1.09. The van der Waals surface area contributed by atoms with E-state index < -0.39 is 51.0 Å². The van der Waals surface area contributed by atoms with Crippen LogP contribution in [-0.4, -0.2) is 31.8 Å². The molecular weight excluding hydrogens is 625 g/mol. The third-order valence-corrected chi connectivity index (χ3v) is 7.06. The number of hydrogen-bond donors (Lipinski definition) is 1. The third-order valence-electron chi connectivity index (χ3n) is 6.57. The molecule has 2 atom stereocenters. The van der Waals surface area contributed by atoms with Gasteiger partial charge in [-0.3, -0.25) is 9.79 Å². The second-order valence-electron chi connectivity index (χ2n) is 8.95. The van der Waals surface area contributed by atoms with Crippen molar-refractivity contribution in [1.82, 2.24) is 4.57 Å². The maximum Gasteiger partial charge on any atom is 0.423 e. The Morgan fingerprint density at radius 3 is 2.34 bits per heavy atom. The largest absolute Gasteiger partial charge is 0.423 e. The van der Waals surface area contributed by atoms with Crippen molar-refractivity contribution in [3.8, 4) is 0 Å². The Bertz CT molecular complexity index is 1570. The van der Waals surface area contributed by atoms with E-state index in [0.717, 1.165) is 16.8 Å².